The molecule has 0 fully saturated rings. The van der Waals surface area contributed by atoms with Crippen molar-refractivity contribution in [1.82, 2.24) is 0 Å². The average molecular weight is 254 g/mol. The molecule has 0 saturated heterocycles. The molecule has 0 radical (unpaired) electrons. The molecule has 0 amide bonds. The van der Waals surface area contributed by atoms with Gasteiger partial charge in [0, 0.05) is 5.56 Å². The zero-order chi connectivity index (χ0) is 13.9. The number of carbonyl (C=O) groups is 1. The van der Waals surface area contributed by atoms with Crippen molar-refractivity contribution in [2.75, 3.05) is 6.61 Å². The van der Waals surface area contributed by atoms with E-state index in [1.54, 1.807) is 20.8 Å². The number of rotatable bonds is 4. The lowest BCUT2D eigenvalue weighted by Crippen LogP contribution is -2.31. The van der Waals surface area contributed by atoms with Gasteiger partial charge in [-0.05, 0) is 38.5 Å². The van der Waals surface area contributed by atoms with Gasteiger partial charge in [0.15, 0.2) is 11.6 Å². The van der Waals surface area contributed by atoms with E-state index >= 15 is 0 Å². The standard InChI is InChI=1S/C14H16F2O2/c1-5-9-7-10(8-11(15)12(9)16)14(3,4)13(17)18-6-2/h5,7-8H,1,6H2,2-4H3. The maximum absolute atomic E-state index is 13.4. The molecule has 18 heavy (non-hydrogen) atoms. The van der Waals surface area contributed by atoms with E-state index in [4.69, 9.17) is 4.74 Å². The fraction of sp³-hybridized carbons (Fsp3) is 0.357. The quantitative estimate of drug-likeness (QED) is 0.769. The molecule has 4 heteroatoms. The van der Waals surface area contributed by atoms with Crippen LogP contribution in [0.3, 0.4) is 0 Å². The van der Waals surface area contributed by atoms with Crippen molar-refractivity contribution in [3.8, 4) is 0 Å². The Morgan fingerprint density at radius 3 is 2.56 bits per heavy atom. The number of carbonyl (C=O) groups excluding carboxylic acids is 1. The molecule has 0 unspecified atom stereocenters. The zero-order valence-electron chi connectivity index (χ0n) is 10.7. The number of benzene rings is 1. The SMILES string of the molecule is C=Cc1cc(C(C)(C)C(=O)OCC)cc(F)c1F. The van der Waals surface area contributed by atoms with E-state index in [-0.39, 0.29) is 12.2 Å². The first-order valence-electron chi connectivity index (χ1n) is 5.63. The average Bonchev–Trinajstić information content (AvgIpc) is 2.32. The topological polar surface area (TPSA) is 26.3 Å². The fourth-order valence-corrected chi connectivity index (χ4v) is 1.55. The van der Waals surface area contributed by atoms with Gasteiger partial charge in [0.2, 0.25) is 0 Å². The zero-order valence-corrected chi connectivity index (χ0v) is 10.7. The van der Waals surface area contributed by atoms with Crippen molar-refractivity contribution >= 4 is 12.0 Å². The van der Waals surface area contributed by atoms with E-state index in [0.717, 1.165) is 6.07 Å². The Hall–Kier alpha value is -1.71. The van der Waals surface area contributed by atoms with Crippen LogP contribution in [0.15, 0.2) is 18.7 Å². The van der Waals surface area contributed by atoms with E-state index in [2.05, 4.69) is 6.58 Å². The summed E-state index contributed by atoms with van der Waals surface area (Å²) in [7, 11) is 0. The minimum Gasteiger partial charge on any atom is -0.465 e. The Bertz CT molecular complexity index is 479. The summed E-state index contributed by atoms with van der Waals surface area (Å²) < 4.78 is 31.7. The highest BCUT2D eigenvalue weighted by molar-refractivity contribution is 5.82. The highest BCUT2D eigenvalue weighted by atomic mass is 19.2. The molecular formula is C14H16F2O2. The van der Waals surface area contributed by atoms with Gasteiger partial charge in [0.25, 0.3) is 0 Å². The normalized spacial score (nSPS) is 11.2. The first-order valence-corrected chi connectivity index (χ1v) is 5.63. The second-order valence-corrected chi connectivity index (χ2v) is 4.41. The first kappa shape index (κ1) is 14.4. The number of esters is 1. The van der Waals surface area contributed by atoms with Crippen molar-refractivity contribution < 1.29 is 18.3 Å². The molecule has 0 heterocycles. The molecular weight excluding hydrogens is 238 g/mol. The lowest BCUT2D eigenvalue weighted by atomic mass is 9.83. The second kappa shape index (κ2) is 5.29. The molecule has 0 aliphatic rings. The maximum atomic E-state index is 13.4. The molecule has 1 rings (SSSR count). The van der Waals surface area contributed by atoms with Crippen molar-refractivity contribution in [3.63, 3.8) is 0 Å². The van der Waals surface area contributed by atoms with Gasteiger partial charge in [-0.25, -0.2) is 8.78 Å². The van der Waals surface area contributed by atoms with Crippen LogP contribution in [0.25, 0.3) is 6.08 Å². The predicted molar refractivity (Wildman–Crippen MR) is 66.1 cm³/mol. The number of hydrogen-bond donors (Lipinski definition) is 0. The third-order valence-electron chi connectivity index (χ3n) is 2.78. The number of hydrogen-bond acceptors (Lipinski definition) is 2. The Morgan fingerprint density at radius 2 is 2.06 bits per heavy atom. The Kier molecular flexibility index (Phi) is 4.22. The van der Waals surface area contributed by atoms with Crippen LogP contribution in [-0.4, -0.2) is 12.6 Å². The molecule has 0 aliphatic heterocycles. The molecule has 2 nitrogen and oxygen atoms in total. The van der Waals surface area contributed by atoms with Gasteiger partial charge < -0.3 is 4.74 Å². The molecule has 0 aliphatic carbocycles. The van der Waals surface area contributed by atoms with E-state index in [1.165, 1.54) is 12.1 Å². The van der Waals surface area contributed by atoms with Gasteiger partial charge in [-0.3, -0.25) is 4.79 Å². The Labute approximate surface area is 105 Å². The van der Waals surface area contributed by atoms with Gasteiger partial charge in [0.1, 0.15) is 0 Å². The monoisotopic (exact) mass is 254 g/mol. The molecule has 0 atom stereocenters. The fourth-order valence-electron chi connectivity index (χ4n) is 1.55. The van der Waals surface area contributed by atoms with Crippen LogP contribution in [0.4, 0.5) is 8.78 Å². The van der Waals surface area contributed by atoms with Gasteiger partial charge in [0.05, 0.1) is 12.0 Å². The smallest absolute Gasteiger partial charge is 0.315 e. The van der Waals surface area contributed by atoms with Crippen molar-refractivity contribution in [2.45, 2.75) is 26.2 Å². The molecule has 98 valence electrons. The van der Waals surface area contributed by atoms with Crippen LogP contribution in [0.5, 0.6) is 0 Å². The number of ether oxygens (including phenoxy) is 1. The minimum atomic E-state index is -1.04. The molecule has 1 aromatic carbocycles. The molecule has 0 bridgehead atoms. The summed E-state index contributed by atoms with van der Waals surface area (Å²) >= 11 is 0. The van der Waals surface area contributed by atoms with Crippen LogP contribution < -0.4 is 0 Å². The third kappa shape index (κ3) is 2.58. The maximum Gasteiger partial charge on any atom is 0.315 e. The minimum absolute atomic E-state index is 0.0300. The summed E-state index contributed by atoms with van der Waals surface area (Å²) in [6.45, 7) is 8.54. The van der Waals surface area contributed by atoms with Crippen molar-refractivity contribution in [2.24, 2.45) is 0 Å². The highest BCUT2D eigenvalue weighted by Crippen LogP contribution is 2.28. The summed E-state index contributed by atoms with van der Waals surface area (Å²) in [5, 5.41) is 0. The van der Waals surface area contributed by atoms with Gasteiger partial charge >= 0.3 is 5.97 Å². The van der Waals surface area contributed by atoms with E-state index < -0.39 is 23.0 Å². The molecule has 0 saturated carbocycles. The van der Waals surface area contributed by atoms with Crippen LogP contribution >= 0.6 is 0 Å². The molecule has 0 N–H and O–H groups in total. The van der Waals surface area contributed by atoms with Gasteiger partial charge in [-0.1, -0.05) is 12.7 Å². The summed E-state index contributed by atoms with van der Waals surface area (Å²) in [5.74, 6) is -2.45. The summed E-state index contributed by atoms with van der Waals surface area (Å²) in [6, 6.07) is 2.42. The molecule has 0 aromatic heterocycles. The summed E-state index contributed by atoms with van der Waals surface area (Å²) in [5.41, 5.74) is -0.653. The van der Waals surface area contributed by atoms with Gasteiger partial charge in [-0.15, -0.1) is 0 Å². The highest BCUT2D eigenvalue weighted by Gasteiger charge is 2.32. The van der Waals surface area contributed by atoms with Crippen LogP contribution in [0.2, 0.25) is 0 Å². The lowest BCUT2D eigenvalue weighted by molar-refractivity contribution is -0.148. The summed E-state index contributed by atoms with van der Waals surface area (Å²) in [6.07, 6.45) is 1.21. The van der Waals surface area contributed by atoms with E-state index in [9.17, 15) is 13.6 Å². The summed E-state index contributed by atoms with van der Waals surface area (Å²) in [4.78, 5) is 11.8. The number of halogens is 2. The van der Waals surface area contributed by atoms with Crippen LogP contribution in [0, 0.1) is 11.6 Å². The Morgan fingerprint density at radius 1 is 1.44 bits per heavy atom. The molecule has 0 spiro atoms. The predicted octanol–water partition coefficient (Wildman–Crippen LogP) is 3.45. The third-order valence-corrected chi connectivity index (χ3v) is 2.78. The largest absolute Gasteiger partial charge is 0.465 e. The van der Waals surface area contributed by atoms with E-state index in [0.29, 0.717) is 5.56 Å². The van der Waals surface area contributed by atoms with Crippen LogP contribution in [-0.2, 0) is 14.9 Å². The lowest BCUT2D eigenvalue weighted by Gasteiger charge is -2.23. The second-order valence-electron chi connectivity index (χ2n) is 4.41. The van der Waals surface area contributed by atoms with Crippen LogP contribution in [0.1, 0.15) is 31.9 Å². The molecule has 1 aromatic rings. The Balaban J connectivity index is 3.28. The first-order chi connectivity index (χ1) is 8.34. The van der Waals surface area contributed by atoms with Gasteiger partial charge in [-0.2, -0.15) is 0 Å². The van der Waals surface area contributed by atoms with Crippen molar-refractivity contribution in [1.29, 1.82) is 0 Å². The van der Waals surface area contributed by atoms with E-state index in [1.807, 2.05) is 0 Å². The van der Waals surface area contributed by atoms with Crippen molar-refractivity contribution in [3.05, 3.63) is 41.5 Å².